The molecule has 1 fully saturated rings. The molecule has 3 aromatic rings. The fraction of sp³-hybridized carbons (Fsp3) is 0.361. The summed E-state index contributed by atoms with van der Waals surface area (Å²) in [6.45, 7) is 2.70. The molecule has 0 aromatic heterocycles. The third-order valence-corrected chi connectivity index (χ3v) is 9.01. The Morgan fingerprint density at radius 2 is 1.63 bits per heavy atom. The summed E-state index contributed by atoms with van der Waals surface area (Å²) in [7, 11) is 0. The van der Waals surface area contributed by atoms with Crippen LogP contribution < -0.4 is 16.0 Å². The minimum Gasteiger partial charge on any atom is -0.447 e. The van der Waals surface area contributed by atoms with Crippen LogP contribution in [0.15, 0.2) is 96.7 Å². The third kappa shape index (κ3) is 6.49. The summed E-state index contributed by atoms with van der Waals surface area (Å²) in [5, 5.41) is 21.0. The molecule has 2 heterocycles. The summed E-state index contributed by atoms with van der Waals surface area (Å²) < 4.78 is 16.3. The van der Waals surface area contributed by atoms with Crippen molar-refractivity contribution in [2.24, 2.45) is 0 Å². The van der Waals surface area contributed by atoms with Gasteiger partial charge in [-0.25, -0.2) is 9.59 Å². The number of amides is 2. The van der Waals surface area contributed by atoms with Crippen molar-refractivity contribution in [1.82, 2.24) is 16.0 Å². The molecule has 2 aliphatic heterocycles. The maximum Gasteiger partial charge on any atom is 0.408 e. The van der Waals surface area contributed by atoms with Crippen LogP contribution in [0.2, 0.25) is 0 Å². The van der Waals surface area contributed by atoms with E-state index < -0.39 is 41.9 Å². The Hall–Kier alpha value is -4.67. The van der Waals surface area contributed by atoms with Gasteiger partial charge in [0.1, 0.15) is 18.2 Å². The molecule has 2 amide bonds. The Kier molecular flexibility index (Phi) is 9.37. The number of aliphatic hydroxyl groups is 1. The van der Waals surface area contributed by atoms with Crippen molar-refractivity contribution in [2.45, 2.75) is 61.9 Å². The lowest BCUT2D eigenvalue weighted by atomic mass is 9.76. The Bertz CT molecular complexity index is 1580. The highest BCUT2D eigenvalue weighted by atomic mass is 16.6. The summed E-state index contributed by atoms with van der Waals surface area (Å²) in [6.07, 6.45) is -0.567. The molecule has 0 saturated carbocycles. The standard InChI is InChI=1S/C36H39N3O7/c1-2-44-17-18-45-34(42)38-28(19-23-11-5-3-6-12-23)29(40)21-36(20-24-13-7-4-8-14-24)33(41)27(22-37-36)30-25-15-9-10-16-26(25)31-32(30)46-35(43)39-31/h3-16,22,28-32,37,40H,2,17-21H2,1H3,(H,38,42)(H,39,43)/t28-,29-,30+,31+,32-,36-/m0/s1. The summed E-state index contributed by atoms with van der Waals surface area (Å²) in [5.41, 5.74) is 2.93. The van der Waals surface area contributed by atoms with Gasteiger partial charge in [-0.15, -0.1) is 0 Å². The van der Waals surface area contributed by atoms with Crippen LogP contribution in [0.1, 0.15) is 47.6 Å². The molecule has 0 bridgehead atoms. The summed E-state index contributed by atoms with van der Waals surface area (Å²) in [4.78, 5) is 39.8. The number of Topliss-reactive ketones (excluding diaryl/α,β-unsaturated/α-hetero) is 1. The number of fused-ring (bicyclic) bond motifs is 3. The lowest BCUT2D eigenvalue weighted by Crippen LogP contribution is -2.55. The van der Waals surface area contributed by atoms with Crippen LogP contribution in [-0.2, 0) is 31.8 Å². The largest absolute Gasteiger partial charge is 0.447 e. The molecule has 10 nitrogen and oxygen atoms in total. The molecule has 10 heteroatoms. The van der Waals surface area contributed by atoms with Gasteiger partial charge in [-0.1, -0.05) is 84.9 Å². The van der Waals surface area contributed by atoms with E-state index in [0.29, 0.717) is 25.0 Å². The molecule has 6 rings (SSSR count). The van der Waals surface area contributed by atoms with Crippen LogP contribution in [0, 0.1) is 0 Å². The van der Waals surface area contributed by atoms with Gasteiger partial charge in [-0.3, -0.25) is 4.79 Å². The van der Waals surface area contributed by atoms with Crippen molar-refractivity contribution in [3.8, 4) is 0 Å². The second-order valence-electron chi connectivity index (χ2n) is 12.0. The van der Waals surface area contributed by atoms with Gasteiger partial charge in [0, 0.05) is 31.2 Å². The molecule has 0 radical (unpaired) electrons. The lowest BCUT2D eigenvalue weighted by Gasteiger charge is -2.35. The molecule has 1 saturated heterocycles. The first kappa shape index (κ1) is 31.3. The molecular weight excluding hydrogens is 586 g/mol. The monoisotopic (exact) mass is 625 g/mol. The Morgan fingerprint density at radius 3 is 2.35 bits per heavy atom. The number of hydrogen-bond donors (Lipinski definition) is 4. The minimum absolute atomic E-state index is 0.00203. The first-order chi connectivity index (χ1) is 22.4. The van der Waals surface area contributed by atoms with Crippen molar-refractivity contribution >= 4 is 18.0 Å². The zero-order valence-corrected chi connectivity index (χ0v) is 25.7. The van der Waals surface area contributed by atoms with Gasteiger partial charge in [0.2, 0.25) is 0 Å². The Balaban J connectivity index is 1.28. The number of carbonyl (C=O) groups is 3. The number of benzene rings is 3. The van der Waals surface area contributed by atoms with Crippen molar-refractivity contribution in [1.29, 1.82) is 0 Å². The Labute approximate surface area is 268 Å². The second kappa shape index (κ2) is 13.8. The molecular formula is C36H39N3O7. The van der Waals surface area contributed by atoms with Crippen LogP contribution in [0.25, 0.3) is 0 Å². The molecule has 46 heavy (non-hydrogen) atoms. The van der Waals surface area contributed by atoms with Gasteiger partial charge < -0.3 is 35.3 Å². The van der Waals surface area contributed by atoms with Gasteiger partial charge in [0.05, 0.1) is 30.7 Å². The first-order valence-electron chi connectivity index (χ1n) is 15.7. The van der Waals surface area contributed by atoms with Gasteiger partial charge in [-0.05, 0) is 35.6 Å². The second-order valence-corrected chi connectivity index (χ2v) is 12.0. The van der Waals surface area contributed by atoms with Crippen LogP contribution in [0.5, 0.6) is 0 Å². The van der Waals surface area contributed by atoms with Crippen molar-refractivity contribution in [3.05, 3.63) is 119 Å². The van der Waals surface area contributed by atoms with Crippen molar-refractivity contribution in [2.75, 3.05) is 19.8 Å². The van der Waals surface area contributed by atoms with Gasteiger partial charge in [0.15, 0.2) is 5.78 Å². The molecule has 240 valence electrons. The van der Waals surface area contributed by atoms with Crippen LogP contribution in [-0.4, -0.2) is 66.7 Å². The minimum atomic E-state index is -1.23. The predicted octanol–water partition coefficient (Wildman–Crippen LogP) is 4.10. The van der Waals surface area contributed by atoms with E-state index in [9.17, 15) is 19.5 Å². The van der Waals surface area contributed by atoms with Crippen LogP contribution in [0.3, 0.4) is 0 Å². The van der Waals surface area contributed by atoms with Crippen molar-refractivity contribution < 1.29 is 33.7 Å². The predicted molar refractivity (Wildman–Crippen MR) is 170 cm³/mol. The molecule has 0 unspecified atom stereocenters. The van der Waals surface area contributed by atoms with E-state index >= 15 is 0 Å². The smallest absolute Gasteiger partial charge is 0.408 e. The lowest BCUT2D eigenvalue weighted by molar-refractivity contribution is -0.122. The number of nitrogens with one attached hydrogen (secondary N) is 3. The van der Waals surface area contributed by atoms with E-state index in [-0.39, 0.29) is 31.5 Å². The van der Waals surface area contributed by atoms with Crippen LogP contribution >= 0.6 is 0 Å². The van der Waals surface area contributed by atoms with E-state index in [4.69, 9.17) is 14.2 Å². The number of hydrogen-bond acceptors (Lipinski definition) is 8. The highest BCUT2D eigenvalue weighted by Crippen LogP contribution is 2.50. The highest BCUT2D eigenvalue weighted by molar-refractivity contribution is 6.07. The van der Waals surface area contributed by atoms with E-state index in [1.165, 1.54) is 0 Å². The zero-order valence-electron chi connectivity index (χ0n) is 25.7. The maximum atomic E-state index is 14.7. The summed E-state index contributed by atoms with van der Waals surface area (Å²) >= 11 is 0. The van der Waals surface area contributed by atoms with Crippen molar-refractivity contribution in [3.63, 3.8) is 0 Å². The fourth-order valence-electron chi connectivity index (χ4n) is 6.88. The van der Waals surface area contributed by atoms with Gasteiger partial charge in [-0.2, -0.15) is 0 Å². The molecule has 4 N–H and O–H groups in total. The first-order valence-corrected chi connectivity index (χ1v) is 15.7. The molecule has 3 aromatic carbocycles. The van der Waals surface area contributed by atoms with E-state index in [1.807, 2.05) is 91.9 Å². The molecule has 0 spiro atoms. The number of carbonyl (C=O) groups excluding carboxylic acids is 3. The molecule has 1 aliphatic carbocycles. The fourth-order valence-corrected chi connectivity index (χ4v) is 6.88. The van der Waals surface area contributed by atoms with Gasteiger partial charge >= 0.3 is 12.2 Å². The number of ether oxygens (including phenoxy) is 3. The van der Waals surface area contributed by atoms with Crippen LogP contribution in [0.4, 0.5) is 9.59 Å². The highest BCUT2D eigenvalue weighted by Gasteiger charge is 2.55. The number of rotatable bonds is 13. The average molecular weight is 626 g/mol. The number of ketones is 1. The van der Waals surface area contributed by atoms with E-state index in [1.54, 1.807) is 6.20 Å². The van der Waals surface area contributed by atoms with E-state index in [2.05, 4.69) is 16.0 Å². The maximum absolute atomic E-state index is 14.7. The molecule has 3 aliphatic rings. The number of aliphatic hydroxyl groups excluding tert-OH is 1. The third-order valence-electron chi connectivity index (χ3n) is 9.01. The summed E-state index contributed by atoms with van der Waals surface area (Å²) in [5.74, 6) is -0.662. The summed E-state index contributed by atoms with van der Waals surface area (Å²) in [6, 6.07) is 25.8. The quantitative estimate of drug-likeness (QED) is 0.209. The Morgan fingerprint density at radius 1 is 0.957 bits per heavy atom. The van der Waals surface area contributed by atoms with Gasteiger partial charge in [0.25, 0.3) is 0 Å². The normalized spacial score (nSPS) is 24.1. The van der Waals surface area contributed by atoms with E-state index in [0.717, 1.165) is 22.3 Å². The topological polar surface area (TPSA) is 135 Å². The number of alkyl carbamates (subject to hydrolysis) is 2. The zero-order chi connectivity index (χ0) is 32.1. The average Bonchev–Trinajstić information content (AvgIpc) is 3.69. The SMILES string of the molecule is CCOCCOC(=O)N[C@@H](Cc1ccccc1)[C@@H](O)C[C@]1(Cc2ccccc2)NC=C([C@H]2c3ccccc3[C@H]3NC(=O)O[C@H]32)C1=O. The molecule has 6 atom stereocenters.